The Labute approximate surface area is 170 Å². The van der Waals surface area contributed by atoms with Crippen LogP contribution >= 0.6 is 15.9 Å². The van der Waals surface area contributed by atoms with Crippen LogP contribution in [0.2, 0.25) is 0 Å². The Morgan fingerprint density at radius 3 is 2.74 bits per heavy atom. The number of halogens is 1. The molecule has 0 bridgehead atoms. The molecule has 0 amide bonds. The van der Waals surface area contributed by atoms with Gasteiger partial charge in [0, 0.05) is 5.41 Å². The van der Waals surface area contributed by atoms with E-state index in [-0.39, 0.29) is 33.1 Å². The number of allylic oxidation sites excluding steroid dienone is 2. The van der Waals surface area contributed by atoms with Crippen molar-refractivity contribution in [2.75, 3.05) is 20.0 Å². The lowest BCUT2D eigenvalue weighted by Crippen LogP contribution is -2.66. The molecule has 2 saturated carbocycles. The summed E-state index contributed by atoms with van der Waals surface area (Å²) in [6, 6.07) is 0. The van der Waals surface area contributed by atoms with E-state index in [0.717, 1.165) is 44.3 Å². The summed E-state index contributed by atoms with van der Waals surface area (Å²) in [5, 5.41) is 0. The summed E-state index contributed by atoms with van der Waals surface area (Å²) < 4.78 is 17.0. The van der Waals surface area contributed by atoms with Crippen molar-refractivity contribution in [2.24, 2.45) is 22.2 Å². The van der Waals surface area contributed by atoms with Crippen molar-refractivity contribution >= 4 is 21.9 Å². The Bertz CT molecular complexity index is 688. The van der Waals surface area contributed by atoms with Crippen molar-refractivity contribution in [2.45, 2.75) is 63.8 Å². The first kappa shape index (κ1) is 19.7. The number of hydrogen-bond acceptors (Lipinski definition) is 4. The minimum Gasteiger partial charge on any atom is -0.461 e. The van der Waals surface area contributed by atoms with Crippen LogP contribution in [-0.2, 0) is 19.0 Å². The second-order valence-corrected chi connectivity index (χ2v) is 10.6. The lowest BCUT2D eigenvalue weighted by Gasteiger charge is -2.68. The maximum atomic E-state index is 12.0. The van der Waals surface area contributed by atoms with Gasteiger partial charge in [-0.15, -0.1) is 0 Å². The van der Waals surface area contributed by atoms with E-state index in [2.05, 4.69) is 49.4 Å². The van der Waals surface area contributed by atoms with E-state index >= 15 is 0 Å². The zero-order chi connectivity index (χ0) is 19.4. The molecule has 150 valence electrons. The topological polar surface area (TPSA) is 44.8 Å². The molecule has 0 aromatic carbocycles. The molecule has 27 heavy (non-hydrogen) atoms. The summed E-state index contributed by atoms with van der Waals surface area (Å²) in [6.07, 6.45) is 7.56. The molecule has 4 aliphatic rings. The van der Waals surface area contributed by atoms with Gasteiger partial charge < -0.3 is 14.2 Å². The van der Waals surface area contributed by atoms with Gasteiger partial charge in [-0.05, 0) is 48.9 Å². The number of cyclic esters (lactones) is 1. The van der Waals surface area contributed by atoms with Gasteiger partial charge in [-0.1, -0.05) is 54.9 Å². The van der Waals surface area contributed by atoms with E-state index in [4.69, 9.17) is 14.2 Å². The third-order valence-electron chi connectivity index (χ3n) is 8.63. The molecule has 0 aromatic heterocycles. The number of alkyl halides is 1. The number of fused-ring (bicyclic) bond motifs is 3. The van der Waals surface area contributed by atoms with Crippen molar-refractivity contribution in [3.63, 3.8) is 0 Å². The molecule has 0 spiro atoms. The Kier molecular flexibility index (Phi) is 4.88. The predicted octanol–water partition coefficient (Wildman–Crippen LogP) is 4.78. The molecule has 2 aliphatic carbocycles. The molecule has 4 fully saturated rings. The fourth-order valence-corrected chi connectivity index (χ4v) is 6.94. The molecule has 5 heteroatoms. The van der Waals surface area contributed by atoms with Gasteiger partial charge in [0.15, 0.2) is 0 Å². The summed E-state index contributed by atoms with van der Waals surface area (Å²) in [6.45, 7) is 13.3. The largest absolute Gasteiger partial charge is 0.461 e. The quantitative estimate of drug-likeness (QED) is 0.269. The van der Waals surface area contributed by atoms with Crippen molar-refractivity contribution < 1.29 is 19.0 Å². The highest BCUT2D eigenvalue weighted by Crippen LogP contribution is 2.70. The van der Waals surface area contributed by atoms with Crippen molar-refractivity contribution in [3.05, 3.63) is 23.8 Å². The monoisotopic (exact) mass is 438 g/mol. The van der Waals surface area contributed by atoms with Crippen LogP contribution in [0.15, 0.2) is 23.8 Å². The van der Waals surface area contributed by atoms with Crippen LogP contribution in [0, 0.1) is 22.2 Å². The van der Waals surface area contributed by atoms with Crippen molar-refractivity contribution in [3.8, 4) is 0 Å². The highest BCUT2D eigenvalue weighted by molar-refractivity contribution is 9.09. The molecule has 0 radical (unpaired) electrons. The maximum Gasteiger partial charge on any atom is 0.335 e. The minimum atomic E-state index is -0.184. The summed E-state index contributed by atoms with van der Waals surface area (Å²) in [5.74, 6) is 0.174. The van der Waals surface area contributed by atoms with E-state index in [1.54, 1.807) is 0 Å². The summed E-state index contributed by atoms with van der Waals surface area (Å²) in [7, 11) is 0. The molecular formula is C22H31BrO4. The fourth-order valence-electron chi connectivity index (χ4n) is 6.43. The normalized spacial score (nSPS) is 48.9. The smallest absolute Gasteiger partial charge is 0.335 e. The first-order chi connectivity index (χ1) is 12.7. The molecular weight excluding hydrogens is 408 g/mol. The Hall–Kier alpha value is -0.650. The zero-order valence-electron chi connectivity index (χ0n) is 16.7. The highest BCUT2D eigenvalue weighted by atomic mass is 79.9. The molecule has 0 N–H and O–H groups in total. The molecule has 2 saturated heterocycles. The summed E-state index contributed by atoms with van der Waals surface area (Å²) in [4.78, 5) is 12.0. The number of carbonyl (C=O) groups excluding carboxylic acids is 1. The van der Waals surface area contributed by atoms with Gasteiger partial charge in [-0.2, -0.15) is 0 Å². The first-order valence-corrected chi connectivity index (χ1v) is 11.0. The van der Waals surface area contributed by atoms with Gasteiger partial charge in [0.05, 0.1) is 23.1 Å². The van der Waals surface area contributed by atoms with E-state index in [1.165, 1.54) is 5.57 Å². The summed E-state index contributed by atoms with van der Waals surface area (Å²) in [5.41, 5.74) is 2.32. The number of esters is 1. The van der Waals surface area contributed by atoms with Gasteiger partial charge >= 0.3 is 5.97 Å². The lowest BCUT2D eigenvalue weighted by molar-refractivity contribution is -0.291. The predicted molar refractivity (Wildman–Crippen MR) is 107 cm³/mol. The summed E-state index contributed by atoms with van der Waals surface area (Å²) >= 11 is 3.56. The number of rotatable bonds is 2. The number of carbonyl (C=O) groups is 1. The van der Waals surface area contributed by atoms with Crippen LogP contribution in [-0.4, -0.2) is 36.9 Å². The Balaban J connectivity index is 1.67. The van der Waals surface area contributed by atoms with Crippen LogP contribution in [0.3, 0.4) is 0 Å². The molecule has 2 heterocycles. The van der Waals surface area contributed by atoms with Crippen LogP contribution in [0.5, 0.6) is 0 Å². The van der Waals surface area contributed by atoms with Crippen LogP contribution in [0.25, 0.3) is 0 Å². The lowest BCUT2D eigenvalue weighted by atomic mass is 9.38. The van der Waals surface area contributed by atoms with Gasteiger partial charge in [0.25, 0.3) is 0 Å². The second kappa shape index (κ2) is 6.70. The molecule has 6 atom stereocenters. The number of hydrogen-bond donors (Lipinski definition) is 0. The minimum absolute atomic E-state index is 0.00852. The number of ether oxygens (including phenoxy) is 3. The van der Waals surface area contributed by atoms with Crippen LogP contribution in [0.4, 0.5) is 0 Å². The third-order valence-corrected chi connectivity index (χ3v) is 9.38. The first-order valence-electron chi connectivity index (χ1n) is 10.1. The fraction of sp³-hybridized carbons (Fsp3) is 0.773. The third kappa shape index (κ3) is 2.71. The van der Waals surface area contributed by atoms with Crippen LogP contribution in [0.1, 0.15) is 52.9 Å². The van der Waals surface area contributed by atoms with Crippen molar-refractivity contribution in [1.82, 2.24) is 0 Å². The molecule has 4 nitrogen and oxygen atoms in total. The van der Waals surface area contributed by atoms with E-state index in [1.807, 2.05) is 0 Å². The standard InChI is InChI=1S/C22H31BrO4/c1-14-7-10-22(4)20(2,9-8-18-21(22,3)12-25-13-27-18)16(14)6-5-15-17(23)11-26-19(15)24/h5,16-18H,1,6-13H2,2-4H3/b15-5+/t16-,17?,18-,20+,21-,22+/m1/s1. The molecule has 2 aliphatic heterocycles. The van der Waals surface area contributed by atoms with Gasteiger partial charge in [-0.25, -0.2) is 4.79 Å². The highest BCUT2D eigenvalue weighted by Gasteiger charge is 2.66. The molecule has 0 aromatic rings. The van der Waals surface area contributed by atoms with Crippen LogP contribution < -0.4 is 0 Å². The van der Waals surface area contributed by atoms with Gasteiger partial charge in [0.2, 0.25) is 0 Å². The average Bonchev–Trinajstić information content (AvgIpc) is 2.95. The van der Waals surface area contributed by atoms with Gasteiger partial charge in [-0.3, -0.25) is 0 Å². The SMILES string of the molecule is C=C1CC[C@@]2(C)[C@@](C)(CC[C@H]3OCOC[C@]32C)[C@@H]1C/C=C1/C(=O)OCC1Br. The van der Waals surface area contributed by atoms with Crippen molar-refractivity contribution in [1.29, 1.82) is 0 Å². The maximum absolute atomic E-state index is 12.0. The molecule has 1 unspecified atom stereocenters. The van der Waals surface area contributed by atoms with E-state index in [9.17, 15) is 4.79 Å². The molecule has 4 rings (SSSR count). The second-order valence-electron chi connectivity index (χ2n) is 9.50. The van der Waals surface area contributed by atoms with E-state index in [0.29, 0.717) is 19.3 Å². The van der Waals surface area contributed by atoms with Gasteiger partial charge in [0.1, 0.15) is 13.4 Å². The Morgan fingerprint density at radius 1 is 1.26 bits per heavy atom. The van der Waals surface area contributed by atoms with E-state index < -0.39 is 0 Å². The average molecular weight is 439 g/mol. The Morgan fingerprint density at radius 2 is 2.04 bits per heavy atom. The zero-order valence-corrected chi connectivity index (χ0v) is 18.3.